The van der Waals surface area contributed by atoms with Crippen molar-refractivity contribution in [2.24, 2.45) is 0 Å². The molecule has 3 aromatic heterocycles. The van der Waals surface area contributed by atoms with Crippen LogP contribution in [0.4, 0.5) is 0 Å². The number of thiophene rings is 2. The van der Waals surface area contributed by atoms with E-state index in [1.165, 1.54) is 12.0 Å². The fourth-order valence-electron chi connectivity index (χ4n) is 3.06. The highest BCUT2D eigenvalue weighted by Gasteiger charge is 2.31. The molecule has 0 N–H and O–H groups in total. The molecule has 0 bridgehead atoms. The molecule has 0 saturated carbocycles. The summed E-state index contributed by atoms with van der Waals surface area (Å²) in [5.41, 5.74) is 1.46. The van der Waals surface area contributed by atoms with E-state index in [-0.39, 0.29) is 0 Å². The van der Waals surface area contributed by atoms with E-state index in [2.05, 4.69) is 38.8 Å². The summed E-state index contributed by atoms with van der Waals surface area (Å²) in [5.74, 6) is 1.97. The van der Waals surface area contributed by atoms with Gasteiger partial charge in [-0.1, -0.05) is 6.07 Å². The molecule has 4 nitrogen and oxygen atoms in total. The van der Waals surface area contributed by atoms with Crippen LogP contribution in [0, 0.1) is 0 Å². The predicted molar refractivity (Wildman–Crippen MR) is 89.2 cm³/mol. The number of hydrogen-bond donors (Lipinski definition) is 0. The molecule has 3 aromatic rings. The van der Waals surface area contributed by atoms with Gasteiger partial charge in [0.2, 0.25) is 5.89 Å². The minimum atomic E-state index is 0.544. The van der Waals surface area contributed by atoms with Crippen LogP contribution in [-0.4, -0.2) is 27.7 Å². The normalized spacial score (nSPS) is 22.4. The maximum atomic E-state index is 5.81. The Morgan fingerprint density at radius 1 is 1.32 bits per heavy atom. The Hall–Kier alpha value is -1.50. The molecule has 1 saturated heterocycles. The summed E-state index contributed by atoms with van der Waals surface area (Å²) in [5, 5.41) is 14.8. The third kappa shape index (κ3) is 2.74. The monoisotopic (exact) mass is 331 g/mol. The Bertz CT molecular complexity index is 721. The first-order valence-electron chi connectivity index (χ1n) is 7.42. The SMILES string of the molecule is C[C@H]1C[C@H](c2ccsc2)CN1Cc1nnc(-c2cccs2)o1. The van der Waals surface area contributed by atoms with Gasteiger partial charge in [-0.15, -0.1) is 21.5 Å². The molecule has 0 unspecified atom stereocenters. The van der Waals surface area contributed by atoms with Crippen LogP contribution in [0.2, 0.25) is 0 Å². The van der Waals surface area contributed by atoms with Crippen LogP contribution in [0.25, 0.3) is 10.8 Å². The molecule has 1 fully saturated rings. The van der Waals surface area contributed by atoms with Crippen molar-refractivity contribution in [2.75, 3.05) is 6.54 Å². The molecule has 0 radical (unpaired) electrons. The van der Waals surface area contributed by atoms with Crippen molar-refractivity contribution in [1.29, 1.82) is 0 Å². The summed E-state index contributed by atoms with van der Waals surface area (Å²) in [6, 6.07) is 6.79. The molecular formula is C16H17N3OS2. The molecule has 114 valence electrons. The topological polar surface area (TPSA) is 42.2 Å². The zero-order valence-corrected chi connectivity index (χ0v) is 13.9. The average Bonchev–Trinajstić information content (AvgIpc) is 3.28. The van der Waals surface area contributed by atoms with Gasteiger partial charge in [-0.25, -0.2) is 0 Å². The Kier molecular flexibility index (Phi) is 3.82. The molecule has 0 spiro atoms. The molecular weight excluding hydrogens is 314 g/mol. The average molecular weight is 331 g/mol. The minimum absolute atomic E-state index is 0.544. The number of rotatable bonds is 4. The largest absolute Gasteiger partial charge is 0.419 e. The third-order valence-corrected chi connectivity index (χ3v) is 5.81. The summed E-state index contributed by atoms with van der Waals surface area (Å²) >= 11 is 3.40. The summed E-state index contributed by atoms with van der Waals surface area (Å²) in [4.78, 5) is 3.47. The van der Waals surface area contributed by atoms with E-state index in [9.17, 15) is 0 Å². The summed E-state index contributed by atoms with van der Waals surface area (Å²) in [6.45, 7) is 4.08. The lowest BCUT2D eigenvalue weighted by molar-refractivity contribution is 0.233. The second-order valence-corrected chi connectivity index (χ2v) is 7.47. The molecule has 4 heterocycles. The molecule has 4 rings (SSSR count). The van der Waals surface area contributed by atoms with Gasteiger partial charge in [0.25, 0.3) is 5.89 Å². The van der Waals surface area contributed by atoms with Gasteiger partial charge >= 0.3 is 0 Å². The highest BCUT2D eigenvalue weighted by atomic mass is 32.1. The number of likely N-dealkylation sites (tertiary alicyclic amines) is 1. The van der Waals surface area contributed by atoms with Gasteiger partial charge in [-0.2, -0.15) is 11.3 Å². The highest BCUT2D eigenvalue weighted by molar-refractivity contribution is 7.13. The Morgan fingerprint density at radius 2 is 2.27 bits per heavy atom. The van der Waals surface area contributed by atoms with Crippen molar-refractivity contribution in [3.05, 3.63) is 45.8 Å². The van der Waals surface area contributed by atoms with Crippen LogP contribution in [-0.2, 0) is 6.54 Å². The molecule has 6 heteroatoms. The van der Waals surface area contributed by atoms with E-state index >= 15 is 0 Å². The molecule has 0 amide bonds. The lowest BCUT2D eigenvalue weighted by Gasteiger charge is -2.18. The van der Waals surface area contributed by atoms with E-state index in [1.807, 2.05) is 17.5 Å². The summed E-state index contributed by atoms with van der Waals surface area (Å²) in [7, 11) is 0. The summed E-state index contributed by atoms with van der Waals surface area (Å²) < 4.78 is 5.81. The molecule has 22 heavy (non-hydrogen) atoms. The van der Waals surface area contributed by atoms with E-state index in [0.29, 0.717) is 23.7 Å². The van der Waals surface area contributed by atoms with Crippen molar-refractivity contribution in [3.63, 3.8) is 0 Å². The predicted octanol–water partition coefficient (Wildman–Crippen LogP) is 4.24. The lowest BCUT2D eigenvalue weighted by atomic mass is 10.00. The number of hydrogen-bond acceptors (Lipinski definition) is 6. The second-order valence-electron chi connectivity index (χ2n) is 5.75. The van der Waals surface area contributed by atoms with Crippen LogP contribution in [0.3, 0.4) is 0 Å². The van der Waals surface area contributed by atoms with Crippen molar-refractivity contribution in [1.82, 2.24) is 15.1 Å². The smallest absolute Gasteiger partial charge is 0.257 e. The van der Waals surface area contributed by atoms with Crippen LogP contribution in [0.5, 0.6) is 0 Å². The van der Waals surface area contributed by atoms with Crippen molar-refractivity contribution < 1.29 is 4.42 Å². The molecule has 1 aliphatic heterocycles. The van der Waals surface area contributed by atoms with Gasteiger partial charge in [-0.3, -0.25) is 4.90 Å². The van der Waals surface area contributed by atoms with Crippen LogP contribution < -0.4 is 0 Å². The number of nitrogens with zero attached hydrogens (tertiary/aromatic N) is 3. The first-order chi connectivity index (χ1) is 10.8. The van der Waals surface area contributed by atoms with Gasteiger partial charge in [0.1, 0.15) is 0 Å². The van der Waals surface area contributed by atoms with Gasteiger partial charge in [0, 0.05) is 12.6 Å². The number of aromatic nitrogens is 2. The van der Waals surface area contributed by atoms with Crippen LogP contribution in [0.1, 0.15) is 30.7 Å². The van der Waals surface area contributed by atoms with Crippen molar-refractivity contribution >= 4 is 22.7 Å². The Morgan fingerprint density at radius 3 is 3.05 bits per heavy atom. The van der Waals surface area contributed by atoms with Gasteiger partial charge in [0.15, 0.2) is 0 Å². The van der Waals surface area contributed by atoms with Gasteiger partial charge in [0.05, 0.1) is 11.4 Å². The fourth-order valence-corrected chi connectivity index (χ4v) is 4.45. The standard InChI is InChI=1S/C16H17N3OS2/c1-11-7-13(12-4-6-21-10-12)8-19(11)9-15-17-18-16(20-15)14-3-2-5-22-14/h2-6,10-11,13H,7-9H2,1H3/t11-,13-/m0/s1. The van der Waals surface area contributed by atoms with E-state index in [0.717, 1.165) is 18.0 Å². The van der Waals surface area contributed by atoms with Gasteiger partial charge < -0.3 is 4.42 Å². The van der Waals surface area contributed by atoms with Gasteiger partial charge in [-0.05, 0) is 53.1 Å². The summed E-state index contributed by atoms with van der Waals surface area (Å²) in [6.07, 6.45) is 1.20. The van der Waals surface area contributed by atoms with Crippen molar-refractivity contribution in [2.45, 2.75) is 31.8 Å². The Balaban J connectivity index is 1.45. The van der Waals surface area contributed by atoms with Crippen molar-refractivity contribution in [3.8, 4) is 10.8 Å². The first kappa shape index (κ1) is 14.1. The van der Waals surface area contributed by atoms with Crippen LogP contribution >= 0.6 is 22.7 Å². The zero-order chi connectivity index (χ0) is 14.9. The first-order valence-corrected chi connectivity index (χ1v) is 9.24. The maximum Gasteiger partial charge on any atom is 0.257 e. The lowest BCUT2D eigenvalue weighted by Crippen LogP contribution is -2.26. The minimum Gasteiger partial charge on any atom is -0.419 e. The maximum absolute atomic E-state index is 5.81. The second kappa shape index (κ2) is 5.95. The third-order valence-electron chi connectivity index (χ3n) is 4.26. The molecule has 0 aromatic carbocycles. The van der Waals surface area contributed by atoms with E-state index in [4.69, 9.17) is 4.42 Å². The van der Waals surface area contributed by atoms with E-state index in [1.54, 1.807) is 22.7 Å². The van der Waals surface area contributed by atoms with Crippen LogP contribution in [0.15, 0.2) is 38.8 Å². The highest BCUT2D eigenvalue weighted by Crippen LogP contribution is 2.33. The zero-order valence-electron chi connectivity index (χ0n) is 12.3. The molecule has 1 aliphatic rings. The fraction of sp³-hybridized carbons (Fsp3) is 0.375. The molecule has 2 atom stereocenters. The van der Waals surface area contributed by atoms with E-state index < -0.39 is 0 Å². The quantitative estimate of drug-likeness (QED) is 0.717. The Labute approximate surface area is 137 Å². The molecule has 0 aliphatic carbocycles.